The fourth-order valence-electron chi connectivity index (χ4n) is 8.30. The van der Waals surface area contributed by atoms with Gasteiger partial charge in [0.15, 0.2) is 6.10 Å². The van der Waals surface area contributed by atoms with Crippen molar-refractivity contribution in [1.82, 2.24) is 0 Å². The molecule has 0 spiro atoms. The summed E-state index contributed by atoms with van der Waals surface area (Å²) in [5.74, 6) is -0.891. The summed E-state index contributed by atoms with van der Waals surface area (Å²) in [5.41, 5.74) is 0. The number of carbonyl (C=O) groups is 3. The van der Waals surface area contributed by atoms with Gasteiger partial charge in [-0.15, -0.1) is 0 Å². The predicted molar refractivity (Wildman–Crippen MR) is 311 cm³/mol. The number of hydrogen-bond donors (Lipinski definition) is 0. The molecule has 0 rings (SSSR count). The van der Waals surface area contributed by atoms with Gasteiger partial charge in [0.2, 0.25) is 0 Å². The first kappa shape index (κ1) is 68.3. The molecule has 0 aliphatic heterocycles. The first-order valence-electron chi connectivity index (χ1n) is 30.2. The number of carbonyl (C=O) groups excluding carboxylic acids is 3. The van der Waals surface area contributed by atoms with Gasteiger partial charge in [-0.05, 0) is 103 Å². The Hall–Kier alpha value is -3.67. The Morgan fingerprint density at radius 2 is 0.542 bits per heavy atom. The number of allylic oxidation sites excluding steroid dienone is 16. The van der Waals surface area contributed by atoms with E-state index in [1.54, 1.807) is 0 Å². The van der Waals surface area contributed by atoms with E-state index in [2.05, 4.69) is 118 Å². The second kappa shape index (κ2) is 59.9. The lowest BCUT2D eigenvalue weighted by atomic mass is 10.0. The maximum absolute atomic E-state index is 12.8. The third-order valence-electron chi connectivity index (χ3n) is 12.8. The van der Waals surface area contributed by atoms with E-state index >= 15 is 0 Å². The summed E-state index contributed by atoms with van der Waals surface area (Å²) in [6.45, 7) is 6.45. The van der Waals surface area contributed by atoms with Crippen molar-refractivity contribution in [3.8, 4) is 0 Å². The number of esters is 3. The molecule has 0 aliphatic rings. The second-order valence-electron chi connectivity index (χ2n) is 19.9. The van der Waals surface area contributed by atoms with E-state index in [-0.39, 0.29) is 31.1 Å². The molecule has 6 nitrogen and oxygen atoms in total. The van der Waals surface area contributed by atoms with Crippen molar-refractivity contribution in [2.45, 2.75) is 290 Å². The summed E-state index contributed by atoms with van der Waals surface area (Å²) in [6.07, 6.45) is 80.1. The lowest BCUT2D eigenvalue weighted by molar-refractivity contribution is -0.167. The zero-order valence-electron chi connectivity index (χ0n) is 47.2. The summed E-state index contributed by atoms with van der Waals surface area (Å²) in [5, 5.41) is 0. The molecule has 1 unspecified atom stereocenters. The molecule has 0 saturated heterocycles. The maximum atomic E-state index is 12.8. The maximum Gasteiger partial charge on any atom is 0.306 e. The van der Waals surface area contributed by atoms with Gasteiger partial charge in [-0.3, -0.25) is 14.4 Å². The Kier molecular flexibility index (Phi) is 56.8. The standard InChI is InChI=1S/C66H112O6/c1-4-7-10-13-16-18-20-22-23-24-25-26-27-28-29-30-31-32-33-34-35-36-37-38-39-40-41-42-43-44-46-47-50-53-56-59-65(68)71-62-63(61-70-64(67)58-55-52-49-15-12-9-6-3)72-66(69)60-57-54-51-48-45-21-19-17-14-11-8-5-2/h7,10,16-19,22-23,25-26,28-29,31-32,34-35,63H,4-6,8-9,11-15,20-21,24,27,30,33,36-62H2,1-3H3/b10-7-,18-16-,19-17-,23-22-,26-25-,29-28-,32-31-,35-34-. The smallest absolute Gasteiger partial charge is 0.306 e. The topological polar surface area (TPSA) is 78.9 Å². The summed E-state index contributed by atoms with van der Waals surface area (Å²) < 4.78 is 16.8. The third-order valence-corrected chi connectivity index (χ3v) is 12.8. The van der Waals surface area contributed by atoms with Crippen LogP contribution < -0.4 is 0 Å². The molecule has 0 heterocycles. The second-order valence-corrected chi connectivity index (χ2v) is 19.9. The van der Waals surface area contributed by atoms with Gasteiger partial charge in [0, 0.05) is 19.3 Å². The highest BCUT2D eigenvalue weighted by Crippen LogP contribution is 2.16. The molecule has 0 amide bonds. The van der Waals surface area contributed by atoms with Crippen LogP contribution in [0.1, 0.15) is 284 Å². The van der Waals surface area contributed by atoms with E-state index in [0.29, 0.717) is 19.3 Å². The van der Waals surface area contributed by atoms with Crippen LogP contribution in [-0.4, -0.2) is 37.2 Å². The molecule has 72 heavy (non-hydrogen) atoms. The van der Waals surface area contributed by atoms with Crippen LogP contribution in [0.15, 0.2) is 97.2 Å². The van der Waals surface area contributed by atoms with Gasteiger partial charge in [-0.25, -0.2) is 0 Å². The molecule has 0 aromatic rings. The van der Waals surface area contributed by atoms with Crippen LogP contribution in [0.4, 0.5) is 0 Å². The van der Waals surface area contributed by atoms with E-state index < -0.39 is 6.10 Å². The predicted octanol–water partition coefficient (Wildman–Crippen LogP) is 20.5. The van der Waals surface area contributed by atoms with Crippen molar-refractivity contribution in [2.24, 2.45) is 0 Å². The minimum atomic E-state index is -0.776. The van der Waals surface area contributed by atoms with Crippen LogP contribution in [0.5, 0.6) is 0 Å². The van der Waals surface area contributed by atoms with Crippen molar-refractivity contribution in [3.63, 3.8) is 0 Å². The molecule has 0 aromatic heterocycles. The molecule has 1 atom stereocenters. The Morgan fingerprint density at radius 3 is 0.889 bits per heavy atom. The van der Waals surface area contributed by atoms with Crippen molar-refractivity contribution in [1.29, 1.82) is 0 Å². The quantitative estimate of drug-likeness (QED) is 0.0261. The molecular weight excluding hydrogens is 889 g/mol. The first-order chi connectivity index (χ1) is 35.5. The first-order valence-corrected chi connectivity index (χ1v) is 30.2. The number of ether oxygens (including phenoxy) is 3. The lowest BCUT2D eigenvalue weighted by Crippen LogP contribution is -2.30. The Balaban J connectivity index is 4.01. The number of hydrogen-bond acceptors (Lipinski definition) is 6. The van der Waals surface area contributed by atoms with E-state index in [9.17, 15) is 14.4 Å². The fourth-order valence-corrected chi connectivity index (χ4v) is 8.30. The van der Waals surface area contributed by atoms with E-state index in [4.69, 9.17) is 14.2 Å². The van der Waals surface area contributed by atoms with Gasteiger partial charge in [-0.2, -0.15) is 0 Å². The van der Waals surface area contributed by atoms with Crippen LogP contribution in [-0.2, 0) is 28.6 Å². The van der Waals surface area contributed by atoms with Crippen LogP contribution in [0.2, 0.25) is 0 Å². The van der Waals surface area contributed by atoms with Gasteiger partial charge < -0.3 is 14.2 Å². The fraction of sp³-hybridized carbons (Fsp3) is 0.712. The van der Waals surface area contributed by atoms with E-state index in [1.165, 1.54) is 128 Å². The highest BCUT2D eigenvalue weighted by atomic mass is 16.6. The molecule has 0 aliphatic carbocycles. The average Bonchev–Trinajstić information content (AvgIpc) is 3.38. The van der Waals surface area contributed by atoms with Crippen LogP contribution >= 0.6 is 0 Å². The van der Waals surface area contributed by atoms with Gasteiger partial charge in [0.1, 0.15) is 13.2 Å². The Morgan fingerprint density at radius 1 is 0.292 bits per heavy atom. The summed E-state index contributed by atoms with van der Waals surface area (Å²) >= 11 is 0. The van der Waals surface area contributed by atoms with Crippen molar-refractivity contribution < 1.29 is 28.6 Å². The largest absolute Gasteiger partial charge is 0.462 e. The van der Waals surface area contributed by atoms with E-state index in [0.717, 1.165) is 116 Å². The van der Waals surface area contributed by atoms with Gasteiger partial charge in [0.25, 0.3) is 0 Å². The number of rotatable bonds is 54. The normalized spacial score (nSPS) is 12.8. The zero-order valence-corrected chi connectivity index (χ0v) is 47.2. The van der Waals surface area contributed by atoms with Crippen LogP contribution in [0, 0.1) is 0 Å². The molecule has 0 bridgehead atoms. The van der Waals surface area contributed by atoms with Crippen LogP contribution in [0.3, 0.4) is 0 Å². The monoisotopic (exact) mass is 1000 g/mol. The minimum Gasteiger partial charge on any atom is -0.462 e. The highest BCUT2D eigenvalue weighted by molar-refractivity contribution is 5.71. The van der Waals surface area contributed by atoms with Crippen molar-refractivity contribution in [3.05, 3.63) is 97.2 Å². The van der Waals surface area contributed by atoms with E-state index in [1.807, 2.05) is 0 Å². The molecule has 0 saturated carbocycles. The molecule has 0 aromatic carbocycles. The average molecular weight is 1000 g/mol. The molecule has 0 N–H and O–H groups in total. The van der Waals surface area contributed by atoms with Gasteiger partial charge in [0.05, 0.1) is 0 Å². The highest BCUT2D eigenvalue weighted by Gasteiger charge is 2.19. The zero-order chi connectivity index (χ0) is 52.2. The van der Waals surface area contributed by atoms with Crippen molar-refractivity contribution >= 4 is 17.9 Å². The molecule has 0 fully saturated rings. The Labute approximate surface area is 445 Å². The minimum absolute atomic E-state index is 0.0779. The van der Waals surface area contributed by atoms with Gasteiger partial charge in [-0.1, -0.05) is 259 Å². The Bertz CT molecular complexity index is 1430. The molecule has 412 valence electrons. The summed E-state index contributed by atoms with van der Waals surface area (Å²) in [7, 11) is 0. The lowest BCUT2D eigenvalue weighted by Gasteiger charge is -2.18. The molecule has 6 heteroatoms. The molecule has 0 radical (unpaired) electrons. The summed E-state index contributed by atoms with van der Waals surface area (Å²) in [6, 6.07) is 0. The van der Waals surface area contributed by atoms with Crippen molar-refractivity contribution in [2.75, 3.05) is 13.2 Å². The van der Waals surface area contributed by atoms with Crippen LogP contribution in [0.25, 0.3) is 0 Å². The summed E-state index contributed by atoms with van der Waals surface area (Å²) in [4.78, 5) is 37.9. The molecular formula is C66H112O6. The third kappa shape index (κ3) is 57.2. The SMILES string of the molecule is CC/C=C\C/C=C\C/C=C\C/C=C\C/C=C\C/C=C\C/C=C\CCCCCCCCCCCCCCCC(=O)OCC(COC(=O)CCCCCCCCC)OC(=O)CCCCCCC/C=C\CCCCC. The number of unbranched alkanes of at least 4 members (excludes halogenated alkanes) is 27. The van der Waals surface area contributed by atoms with Gasteiger partial charge >= 0.3 is 17.9 Å².